The zero-order chi connectivity index (χ0) is 25.4. The van der Waals surface area contributed by atoms with Crippen LogP contribution in [0.5, 0.6) is 11.5 Å². The fourth-order valence-electron chi connectivity index (χ4n) is 4.55. The Morgan fingerprint density at radius 2 is 1.61 bits per heavy atom. The summed E-state index contributed by atoms with van der Waals surface area (Å²) in [6, 6.07) is 9.45. The highest BCUT2D eigenvalue weighted by atomic mass is 32.1. The average molecular weight is 503 g/mol. The van der Waals surface area contributed by atoms with Crippen molar-refractivity contribution < 1.29 is 18.7 Å². The van der Waals surface area contributed by atoms with E-state index in [1.807, 2.05) is 24.3 Å². The zero-order valence-corrected chi connectivity index (χ0v) is 22.1. The van der Waals surface area contributed by atoms with Gasteiger partial charge in [-0.3, -0.25) is 10.1 Å². The molecule has 0 radical (unpaired) electrons. The van der Waals surface area contributed by atoms with Gasteiger partial charge in [-0.2, -0.15) is 0 Å². The highest BCUT2D eigenvalue weighted by molar-refractivity contribution is 7.19. The smallest absolute Gasteiger partial charge is 0.293 e. The van der Waals surface area contributed by atoms with E-state index >= 15 is 0 Å². The Bertz CT molecular complexity index is 1420. The van der Waals surface area contributed by atoms with E-state index < -0.39 is 0 Å². The summed E-state index contributed by atoms with van der Waals surface area (Å²) in [7, 11) is 0. The van der Waals surface area contributed by atoms with Gasteiger partial charge in [-0.25, -0.2) is 4.98 Å². The highest BCUT2D eigenvalue weighted by Gasteiger charge is 2.18. The molecule has 3 heterocycles. The number of furan rings is 1. The minimum absolute atomic E-state index is 0.271. The van der Waals surface area contributed by atoms with Crippen molar-refractivity contribution in [1.29, 1.82) is 0 Å². The standard InChI is InChI=1S/C29H30N2O4S/c1-16-17(2)19(4)23(20(5)18(16)3)14-22-8-10-25(35-22)28(32)31-29-30-15-27(36-29)21-7-9-24-26(13-21)34-12-6-11-33-24/h7-10,13,15H,6,11-12,14H2,1-5H3,(H,30,31,32). The Kier molecular flexibility index (Phi) is 6.58. The van der Waals surface area contributed by atoms with Crippen LogP contribution in [0, 0.1) is 34.6 Å². The van der Waals surface area contributed by atoms with Crippen LogP contribution >= 0.6 is 11.3 Å². The first kappa shape index (κ1) is 24.1. The number of nitrogens with zero attached hydrogens (tertiary/aromatic N) is 1. The van der Waals surface area contributed by atoms with Gasteiger partial charge in [0, 0.05) is 19.0 Å². The third-order valence-corrected chi connectivity index (χ3v) is 8.11. The lowest BCUT2D eigenvalue weighted by molar-refractivity contribution is 0.0995. The summed E-state index contributed by atoms with van der Waals surface area (Å²) < 4.78 is 17.4. The number of carbonyl (C=O) groups excluding carboxylic acids is 1. The van der Waals surface area contributed by atoms with E-state index in [4.69, 9.17) is 13.9 Å². The van der Waals surface area contributed by atoms with E-state index in [1.165, 1.54) is 44.7 Å². The normalized spacial score (nSPS) is 12.9. The van der Waals surface area contributed by atoms with Gasteiger partial charge in [0.05, 0.1) is 18.1 Å². The first-order valence-electron chi connectivity index (χ1n) is 12.1. The third kappa shape index (κ3) is 4.63. The molecule has 0 fully saturated rings. The van der Waals surface area contributed by atoms with E-state index in [1.54, 1.807) is 12.3 Å². The summed E-state index contributed by atoms with van der Waals surface area (Å²) in [6.45, 7) is 12.1. The average Bonchev–Trinajstić information content (AvgIpc) is 3.48. The van der Waals surface area contributed by atoms with Crippen molar-refractivity contribution in [2.24, 2.45) is 0 Å². The summed E-state index contributed by atoms with van der Waals surface area (Å²) >= 11 is 1.40. The number of benzene rings is 2. The second kappa shape index (κ2) is 9.82. The lowest BCUT2D eigenvalue weighted by atomic mass is 9.88. The van der Waals surface area contributed by atoms with Crippen molar-refractivity contribution >= 4 is 22.4 Å². The molecule has 0 saturated heterocycles. The number of hydrogen-bond donors (Lipinski definition) is 1. The van der Waals surface area contributed by atoms with Crippen LogP contribution in [0.2, 0.25) is 0 Å². The predicted octanol–water partition coefficient (Wildman–Crippen LogP) is 6.95. The number of carbonyl (C=O) groups is 1. The minimum Gasteiger partial charge on any atom is -0.490 e. The van der Waals surface area contributed by atoms with Crippen molar-refractivity contribution in [1.82, 2.24) is 4.98 Å². The first-order chi connectivity index (χ1) is 17.3. The number of hydrogen-bond acceptors (Lipinski definition) is 6. The molecule has 2 aromatic carbocycles. The van der Waals surface area contributed by atoms with Crippen LogP contribution in [-0.4, -0.2) is 24.1 Å². The molecule has 36 heavy (non-hydrogen) atoms. The molecule has 1 aliphatic rings. The largest absolute Gasteiger partial charge is 0.490 e. The maximum absolute atomic E-state index is 12.9. The van der Waals surface area contributed by atoms with Gasteiger partial charge in [0.1, 0.15) is 5.76 Å². The quantitative estimate of drug-likeness (QED) is 0.320. The number of ether oxygens (including phenoxy) is 2. The Hall–Kier alpha value is -3.58. The van der Waals surface area contributed by atoms with E-state index in [0.717, 1.165) is 34.1 Å². The van der Waals surface area contributed by atoms with Crippen LogP contribution in [-0.2, 0) is 6.42 Å². The van der Waals surface area contributed by atoms with Crippen LogP contribution in [0.25, 0.3) is 10.4 Å². The predicted molar refractivity (Wildman–Crippen MR) is 143 cm³/mol. The van der Waals surface area contributed by atoms with Crippen molar-refractivity contribution in [2.75, 3.05) is 18.5 Å². The summed E-state index contributed by atoms with van der Waals surface area (Å²) in [5.41, 5.74) is 8.74. The summed E-state index contributed by atoms with van der Waals surface area (Å²) in [5, 5.41) is 3.38. The Morgan fingerprint density at radius 1 is 0.917 bits per heavy atom. The van der Waals surface area contributed by atoms with Gasteiger partial charge in [-0.05, 0) is 104 Å². The number of fused-ring (bicyclic) bond motifs is 1. The van der Waals surface area contributed by atoms with Gasteiger partial charge >= 0.3 is 0 Å². The molecule has 0 saturated carbocycles. The van der Waals surface area contributed by atoms with E-state index in [2.05, 4.69) is 44.9 Å². The first-order valence-corrected chi connectivity index (χ1v) is 12.9. The number of aromatic nitrogens is 1. The number of rotatable bonds is 5. The molecule has 1 amide bonds. The van der Waals surface area contributed by atoms with Crippen LogP contribution in [0.4, 0.5) is 5.13 Å². The number of nitrogens with one attached hydrogen (secondary N) is 1. The second-order valence-electron chi connectivity index (χ2n) is 9.24. The Labute approximate surface area is 215 Å². The Morgan fingerprint density at radius 3 is 2.36 bits per heavy atom. The van der Waals surface area contributed by atoms with Gasteiger partial charge in [-0.1, -0.05) is 11.3 Å². The molecule has 6 nitrogen and oxygen atoms in total. The molecule has 7 heteroatoms. The number of anilines is 1. The second-order valence-corrected chi connectivity index (χ2v) is 10.3. The van der Waals surface area contributed by atoms with Crippen molar-refractivity contribution in [3.8, 4) is 21.9 Å². The van der Waals surface area contributed by atoms with Crippen molar-refractivity contribution in [2.45, 2.75) is 47.5 Å². The maximum Gasteiger partial charge on any atom is 0.293 e. The van der Waals surface area contributed by atoms with Gasteiger partial charge < -0.3 is 13.9 Å². The molecular weight excluding hydrogens is 472 g/mol. The van der Waals surface area contributed by atoms with Crippen molar-refractivity contribution in [3.05, 3.63) is 81.4 Å². The van der Waals surface area contributed by atoms with Gasteiger partial charge in [0.25, 0.3) is 5.91 Å². The van der Waals surface area contributed by atoms with Crippen LogP contribution in [0.1, 0.15) is 56.1 Å². The Balaban J connectivity index is 1.29. The fourth-order valence-corrected chi connectivity index (χ4v) is 5.36. The molecule has 186 valence electrons. The molecule has 1 N–H and O–H groups in total. The summed E-state index contributed by atoms with van der Waals surface area (Å²) in [4.78, 5) is 18.2. The number of amides is 1. The van der Waals surface area contributed by atoms with Gasteiger partial charge in [0.15, 0.2) is 22.4 Å². The molecular formula is C29H30N2O4S. The van der Waals surface area contributed by atoms with E-state index in [-0.39, 0.29) is 11.7 Å². The molecule has 1 aliphatic heterocycles. The monoisotopic (exact) mass is 502 g/mol. The molecule has 2 aromatic heterocycles. The fraction of sp³-hybridized carbons (Fsp3) is 0.310. The minimum atomic E-state index is -0.314. The molecule has 0 bridgehead atoms. The molecule has 0 unspecified atom stereocenters. The molecule has 4 aromatic rings. The molecule has 0 spiro atoms. The molecule has 0 aliphatic carbocycles. The van der Waals surface area contributed by atoms with E-state index in [0.29, 0.717) is 24.8 Å². The summed E-state index contributed by atoms with van der Waals surface area (Å²) in [5.74, 6) is 2.21. The lowest BCUT2D eigenvalue weighted by Crippen LogP contribution is -2.10. The van der Waals surface area contributed by atoms with Gasteiger partial charge in [-0.15, -0.1) is 0 Å². The topological polar surface area (TPSA) is 73.6 Å². The third-order valence-electron chi connectivity index (χ3n) is 7.15. The van der Waals surface area contributed by atoms with Crippen LogP contribution < -0.4 is 14.8 Å². The lowest BCUT2D eigenvalue weighted by Gasteiger charge is -2.18. The van der Waals surface area contributed by atoms with Gasteiger partial charge in [0.2, 0.25) is 0 Å². The van der Waals surface area contributed by atoms with Crippen LogP contribution in [0.3, 0.4) is 0 Å². The molecule has 0 atom stereocenters. The molecule has 5 rings (SSSR count). The van der Waals surface area contributed by atoms with Crippen molar-refractivity contribution in [3.63, 3.8) is 0 Å². The highest BCUT2D eigenvalue weighted by Crippen LogP contribution is 2.37. The maximum atomic E-state index is 12.9. The zero-order valence-electron chi connectivity index (χ0n) is 21.3. The number of thiazole rings is 1. The SMILES string of the molecule is Cc1c(C)c(C)c(Cc2ccc(C(=O)Nc3ncc(-c4ccc5c(c4)OCCCO5)s3)o2)c(C)c1C. The van der Waals surface area contributed by atoms with Crippen LogP contribution in [0.15, 0.2) is 40.9 Å². The summed E-state index contributed by atoms with van der Waals surface area (Å²) in [6.07, 6.45) is 3.26. The van der Waals surface area contributed by atoms with E-state index in [9.17, 15) is 4.79 Å².